The van der Waals surface area contributed by atoms with E-state index in [1.165, 1.54) is 13.4 Å². The summed E-state index contributed by atoms with van der Waals surface area (Å²) in [4.78, 5) is 12.8. The zero-order chi connectivity index (χ0) is 17.1. The van der Waals surface area contributed by atoms with E-state index in [2.05, 4.69) is 27.2 Å². The number of anilines is 1. The number of aliphatic hydroxyl groups excluding tert-OH is 2. The van der Waals surface area contributed by atoms with E-state index >= 15 is 0 Å². The summed E-state index contributed by atoms with van der Waals surface area (Å²) in [6.07, 6.45) is 1.60. The van der Waals surface area contributed by atoms with E-state index in [1.807, 2.05) is 0 Å². The molecule has 1 fully saturated rings. The molecular weight excluding hydrogens is 314 g/mol. The van der Waals surface area contributed by atoms with Gasteiger partial charge in [0.2, 0.25) is 0 Å². The number of nitrogens with zero attached hydrogens (tertiary/aromatic N) is 4. The van der Waals surface area contributed by atoms with Crippen LogP contribution in [0.3, 0.4) is 0 Å². The third-order valence-electron chi connectivity index (χ3n) is 4.12. The molecule has 1 aliphatic heterocycles. The van der Waals surface area contributed by atoms with Crippen LogP contribution in [-0.4, -0.2) is 68.3 Å². The molecule has 3 rings (SSSR count). The van der Waals surface area contributed by atoms with Gasteiger partial charge in [-0.05, 0) is 6.42 Å². The maximum atomic E-state index is 10.3. The normalized spacial score (nSPS) is 27.0. The van der Waals surface area contributed by atoms with Crippen LogP contribution >= 0.6 is 0 Å². The molecule has 0 radical (unpaired) electrons. The predicted octanol–water partition coefficient (Wildman–Crippen LogP) is 0.304. The van der Waals surface area contributed by atoms with E-state index in [4.69, 9.17) is 9.47 Å². The fourth-order valence-electron chi connectivity index (χ4n) is 2.81. The van der Waals surface area contributed by atoms with Gasteiger partial charge in [0.1, 0.15) is 24.6 Å². The first-order valence-corrected chi connectivity index (χ1v) is 8.09. The minimum Gasteiger partial charge on any atom is -0.387 e. The number of rotatable bonds is 7. The van der Waals surface area contributed by atoms with Gasteiger partial charge in [-0.2, -0.15) is 0 Å². The fourth-order valence-corrected chi connectivity index (χ4v) is 2.81. The van der Waals surface area contributed by atoms with E-state index < -0.39 is 24.5 Å². The van der Waals surface area contributed by atoms with Crippen molar-refractivity contribution in [1.82, 2.24) is 19.5 Å². The number of imidazole rings is 1. The highest BCUT2D eigenvalue weighted by Gasteiger charge is 2.44. The number of ether oxygens (including phenoxy) is 2. The average molecular weight is 337 g/mol. The molecule has 0 bridgehead atoms. The number of hydrogen-bond acceptors (Lipinski definition) is 8. The summed E-state index contributed by atoms with van der Waals surface area (Å²) < 4.78 is 12.4. The molecule has 9 nitrogen and oxygen atoms in total. The van der Waals surface area contributed by atoms with Crippen molar-refractivity contribution in [2.75, 3.05) is 25.6 Å². The number of nitrogens with one attached hydrogen (secondary N) is 1. The average Bonchev–Trinajstić information content (AvgIpc) is 3.12. The second kappa shape index (κ2) is 7.39. The summed E-state index contributed by atoms with van der Waals surface area (Å²) in [6.45, 7) is 3.11. The molecule has 0 saturated carbocycles. The van der Waals surface area contributed by atoms with Gasteiger partial charge in [-0.25, -0.2) is 15.0 Å². The lowest BCUT2D eigenvalue weighted by Crippen LogP contribution is -2.33. The van der Waals surface area contributed by atoms with Gasteiger partial charge >= 0.3 is 0 Å². The highest BCUT2D eigenvalue weighted by Crippen LogP contribution is 2.32. The molecule has 0 amide bonds. The standard InChI is InChI=1S/C15H23N5O4/c1-3-4-5-16-13-10-14(18-7-17-13)20(8-19-10)15-12(22)11(21)9(24-15)6-23-2/h7-9,11-12,15,21-22H,3-6H2,1-2H3,(H,16,17,18)/t9-,11?,12?,15-/m1/s1. The summed E-state index contributed by atoms with van der Waals surface area (Å²) in [5, 5.41) is 23.6. The van der Waals surface area contributed by atoms with Gasteiger partial charge in [-0.3, -0.25) is 4.57 Å². The molecule has 2 aromatic rings. The molecule has 4 atom stereocenters. The summed E-state index contributed by atoms with van der Waals surface area (Å²) >= 11 is 0. The van der Waals surface area contributed by atoms with Crippen LogP contribution in [0.25, 0.3) is 11.2 Å². The molecule has 3 heterocycles. The van der Waals surface area contributed by atoms with Crippen molar-refractivity contribution < 1.29 is 19.7 Å². The number of unbranched alkanes of at least 4 members (excludes halogenated alkanes) is 1. The van der Waals surface area contributed by atoms with Crippen LogP contribution in [0.4, 0.5) is 5.82 Å². The zero-order valence-corrected chi connectivity index (χ0v) is 13.8. The SMILES string of the molecule is CCCCNc1ncnc2c1ncn2[C@@H]1O[C@H](COC)C(O)C1O. The second-order valence-corrected chi connectivity index (χ2v) is 5.83. The number of fused-ring (bicyclic) bond motifs is 1. The van der Waals surface area contributed by atoms with Crippen molar-refractivity contribution in [1.29, 1.82) is 0 Å². The van der Waals surface area contributed by atoms with Gasteiger partial charge in [-0.1, -0.05) is 13.3 Å². The molecular formula is C15H23N5O4. The molecule has 132 valence electrons. The maximum Gasteiger partial charge on any atom is 0.167 e. The first-order valence-electron chi connectivity index (χ1n) is 8.09. The highest BCUT2D eigenvalue weighted by molar-refractivity contribution is 5.82. The summed E-state index contributed by atoms with van der Waals surface area (Å²) in [5.74, 6) is 0.647. The Morgan fingerprint density at radius 3 is 2.88 bits per heavy atom. The van der Waals surface area contributed by atoms with E-state index in [1.54, 1.807) is 10.9 Å². The number of aliphatic hydroxyl groups is 2. The molecule has 2 unspecified atom stereocenters. The summed E-state index contributed by atoms with van der Waals surface area (Å²) in [7, 11) is 1.52. The molecule has 0 aliphatic carbocycles. The summed E-state index contributed by atoms with van der Waals surface area (Å²) in [6, 6.07) is 0. The molecule has 0 spiro atoms. The number of aromatic nitrogens is 4. The molecule has 0 aromatic carbocycles. The first-order chi connectivity index (χ1) is 11.7. The highest BCUT2D eigenvalue weighted by atomic mass is 16.6. The number of methoxy groups -OCH3 is 1. The van der Waals surface area contributed by atoms with Crippen molar-refractivity contribution in [3.8, 4) is 0 Å². The molecule has 3 N–H and O–H groups in total. The lowest BCUT2D eigenvalue weighted by molar-refractivity contribution is -0.0580. The molecule has 24 heavy (non-hydrogen) atoms. The van der Waals surface area contributed by atoms with Crippen LogP contribution in [0, 0.1) is 0 Å². The quantitative estimate of drug-likeness (QED) is 0.618. The van der Waals surface area contributed by atoms with Crippen molar-refractivity contribution in [2.45, 2.75) is 44.3 Å². The van der Waals surface area contributed by atoms with E-state index in [9.17, 15) is 10.2 Å². The van der Waals surface area contributed by atoms with Gasteiger partial charge in [0.05, 0.1) is 12.9 Å². The van der Waals surface area contributed by atoms with Gasteiger partial charge in [0.15, 0.2) is 23.2 Å². The van der Waals surface area contributed by atoms with Gasteiger partial charge in [-0.15, -0.1) is 0 Å². The Morgan fingerprint density at radius 2 is 2.12 bits per heavy atom. The lowest BCUT2D eigenvalue weighted by Gasteiger charge is -2.16. The third-order valence-corrected chi connectivity index (χ3v) is 4.12. The zero-order valence-electron chi connectivity index (χ0n) is 13.8. The minimum absolute atomic E-state index is 0.195. The maximum absolute atomic E-state index is 10.3. The van der Waals surface area contributed by atoms with Crippen molar-refractivity contribution in [2.24, 2.45) is 0 Å². The second-order valence-electron chi connectivity index (χ2n) is 5.83. The molecule has 1 aliphatic rings. The smallest absolute Gasteiger partial charge is 0.167 e. The van der Waals surface area contributed by atoms with Gasteiger partial charge in [0.25, 0.3) is 0 Å². The lowest BCUT2D eigenvalue weighted by atomic mass is 10.1. The van der Waals surface area contributed by atoms with Crippen LogP contribution in [0.15, 0.2) is 12.7 Å². The van der Waals surface area contributed by atoms with E-state index in [0.717, 1.165) is 19.4 Å². The van der Waals surface area contributed by atoms with Crippen LogP contribution in [0.2, 0.25) is 0 Å². The van der Waals surface area contributed by atoms with E-state index in [0.29, 0.717) is 17.0 Å². The van der Waals surface area contributed by atoms with Gasteiger partial charge in [0, 0.05) is 13.7 Å². The summed E-state index contributed by atoms with van der Waals surface area (Å²) in [5.41, 5.74) is 1.15. The Hall–Kier alpha value is -1.81. The van der Waals surface area contributed by atoms with Crippen LogP contribution in [0.5, 0.6) is 0 Å². The molecule has 9 heteroatoms. The van der Waals surface area contributed by atoms with Crippen molar-refractivity contribution >= 4 is 17.0 Å². The molecule has 2 aromatic heterocycles. The number of hydrogen-bond donors (Lipinski definition) is 3. The predicted molar refractivity (Wildman–Crippen MR) is 86.5 cm³/mol. The third kappa shape index (κ3) is 3.07. The monoisotopic (exact) mass is 337 g/mol. The van der Waals surface area contributed by atoms with Crippen molar-refractivity contribution in [3.63, 3.8) is 0 Å². The molecule has 1 saturated heterocycles. The first kappa shape index (κ1) is 17.0. The Labute approximate surface area is 139 Å². The Bertz CT molecular complexity index is 679. The fraction of sp³-hybridized carbons (Fsp3) is 0.667. The Morgan fingerprint density at radius 1 is 1.29 bits per heavy atom. The topological polar surface area (TPSA) is 115 Å². The van der Waals surface area contributed by atoms with Crippen LogP contribution in [-0.2, 0) is 9.47 Å². The minimum atomic E-state index is -1.09. The van der Waals surface area contributed by atoms with Crippen LogP contribution < -0.4 is 5.32 Å². The Balaban J connectivity index is 1.87. The Kier molecular flexibility index (Phi) is 5.24. The van der Waals surface area contributed by atoms with E-state index in [-0.39, 0.29) is 6.61 Å². The van der Waals surface area contributed by atoms with Crippen molar-refractivity contribution in [3.05, 3.63) is 12.7 Å². The largest absolute Gasteiger partial charge is 0.387 e. The van der Waals surface area contributed by atoms with Gasteiger partial charge < -0.3 is 25.0 Å². The van der Waals surface area contributed by atoms with Crippen LogP contribution in [0.1, 0.15) is 26.0 Å².